The molecule has 10 heteroatoms. The third-order valence-corrected chi connectivity index (χ3v) is 5.17. The molecular weight excluding hydrogens is 397 g/mol. The van der Waals surface area contributed by atoms with Crippen LogP contribution in [-0.4, -0.2) is 31.6 Å². The Morgan fingerprint density at radius 3 is 2.50 bits per heavy atom. The topological polar surface area (TPSA) is 81.4 Å². The number of nitrogen functional groups attached to an aromatic ring is 1. The van der Waals surface area contributed by atoms with Crippen molar-refractivity contribution in [2.24, 2.45) is 0 Å². The first-order valence-electron chi connectivity index (χ1n) is 9.11. The van der Waals surface area contributed by atoms with Crippen molar-refractivity contribution in [3.63, 3.8) is 0 Å². The molecule has 0 atom stereocenters. The number of imidazole rings is 1. The van der Waals surface area contributed by atoms with Crippen molar-refractivity contribution in [2.45, 2.75) is 12.7 Å². The number of halogens is 3. The fourth-order valence-corrected chi connectivity index (χ4v) is 3.65. The maximum atomic E-state index is 13.2. The van der Waals surface area contributed by atoms with Gasteiger partial charge in [0.15, 0.2) is 0 Å². The number of carbonyl (C=O) groups excluding carboxylic acids is 1. The van der Waals surface area contributed by atoms with Gasteiger partial charge in [0.1, 0.15) is 17.2 Å². The summed E-state index contributed by atoms with van der Waals surface area (Å²) < 4.78 is 41.8. The van der Waals surface area contributed by atoms with E-state index < -0.39 is 11.7 Å². The molecule has 1 aliphatic heterocycles. The number of nitrogens with two attached hydrogens (primary N) is 1. The lowest BCUT2D eigenvalue weighted by atomic mass is 10.1. The molecule has 152 valence electrons. The van der Waals surface area contributed by atoms with Gasteiger partial charge in [-0.15, -0.1) is 0 Å². The quantitative estimate of drug-likeness (QED) is 0.547. The molecule has 7 nitrogen and oxygen atoms in total. The number of hydrogen-bond donors (Lipinski definition) is 1. The molecule has 0 saturated carbocycles. The summed E-state index contributed by atoms with van der Waals surface area (Å²) in [6, 6.07) is 8.19. The molecule has 1 amide bonds. The third kappa shape index (κ3) is 2.79. The van der Waals surface area contributed by atoms with E-state index in [1.807, 2.05) is 6.07 Å². The van der Waals surface area contributed by atoms with Crippen LogP contribution < -0.4 is 10.6 Å². The highest BCUT2D eigenvalue weighted by Gasteiger charge is 2.32. The van der Waals surface area contributed by atoms with Gasteiger partial charge in [-0.25, -0.2) is 4.98 Å². The molecule has 0 aliphatic carbocycles. The first-order chi connectivity index (χ1) is 14.3. The van der Waals surface area contributed by atoms with E-state index in [1.54, 1.807) is 33.7 Å². The molecule has 0 fully saturated rings. The first-order valence-corrected chi connectivity index (χ1v) is 9.11. The van der Waals surface area contributed by atoms with Crippen molar-refractivity contribution in [3.8, 4) is 11.1 Å². The Labute approximate surface area is 168 Å². The summed E-state index contributed by atoms with van der Waals surface area (Å²) in [5, 5.41) is 4.31. The largest absolute Gasteiger partial charge is 0.416 e. The van der Waals surface area contributed by atoms with Crippen LogP contribution >= 0.6 is 0 Å². The highest BCUT2D eigenvalue weighted by atomic mass is 19.4. The summed E-state index contributed by atoms with van der Waals surface area (Å²) in [6.07, 6.45) is 0.506. The van der Waals surface area contributed by atoms with Crippen LogP contribution in [-0.2, 0) is 12.7 Å². The lowest BCUT2D eigenvalue weighted by molar-refractivity contribution is -0.137. The van der Waals surface area contributed by atoms with Gasteiger partial charge in [-0.05, 0) is 36.4 Å². The zero-order valence-corrected chi connectivity index (χ0v) is 15.5. The second kappa shape index (κ2) is 6.34. The van der Waals surface area contributed by atoms with Crippen LogP contribution in [0.2, 0.25) is 0 Å². The van der Waals surface area contributed by atoms with E-state index >= 15 is 0 Å². The molecule has 2 N–H and O–H groups in total. The number of hydrogen-bond acceptors (Lipinski definition) is 4. The van der Waals surface area contributed by atoms with Crippen LogP contribution in [0.4, 0.5) is 24.7 Å². The lowest BCUT2D eigenvalue weighted by Crippen LogP contribution is -2.40. The number of nitrogens with zero attached hydrogens (tertiary/aromatic N) is 5. The van der Waals surface area contributed by atoms with E-state index in [9.17, 15) is 18.0 Å². The molecule has 5 rings (SSSR count). The number of alkyl halides is 3. The van der Waals surface area contributed by atoms with Gasteiger partial charge < -0.3 is 10.6 Å². The Balaban J connectivity index is 1.53. The fraction of sp³-hybridized carbons (Fsp3) is 0.150. The molecule has 4 heterocycles. The van der Waals surface area contributed by atoms with Crippen LogP contribution in [0.25, 0.3) is 16.8 Å². The van der Waals surface area contributed by atoms with Gasteiger partial charge in [-0.3, -0.25) is 13.9 Å². The van der Waals surface area contributed by atoms with Crippen molar-refractivity contribution < 1.29 is 18.0 Å². The average Bonchev–Trinajstić information content (AvgIpc) is 3.32. The molecule has 30 heavy (non-hydrogen) atoms. The van der Waals surface area contributed by atoms with Crippen molar-refractivity contribution in [1.82, 2.24) is 19.2 Å². The number of benzene rings is 1. The molecule has 0 bridgehead atoms. The zero-order chi connectivity index (χ0) is 21.0. The Morgan fingerprint density at radius 1 is 1.00 bits per heavy atom. The van der Waals surface area contributed by atoms with Gasteiger partial charge >= 0.3 is 6.18 Å². The van der Waals surface area contributed by atoms with E-state index in [2.05, 4.69) is 10.1 Å². The monoisotopic (exact) mass is 412 g/mol. The Morgan fingerprint density at radius 2 is 1.77 bits per heavy atom. The molecule has 3 aromatic heterocycles. The van der Waals surface area contributed by atoms with Gasteiger partial charge in [0.05, 0.1) is 24.5 Å². The van der Waals surface area contributed by atoms with Gasteiger partial charge in [-0.2, -0.15) is 18.3 Å². The molecule has 0 saturated heterocycles. The highest BCUT2D eigenvalue weighted by Crippen LogP contribution is 2.33. The number of fused-ring (bicyclic) bond motifs is 2. The first kappa shape index (κ1) is 18.2. The zero-order valence-electron chi connectivity index (χ0n) is 15.5. The second-order valence-corrected chi connectivity index (χ2v) is 6.96. The smallest absolute Gasteiger partial charge is 0.383 e. The van der Waals surface area contributed by atoms with Crippen molar-refractivity contribution in [2.75, 3.05) is 17.2 Å². The maximum Gasteiger partial charge on any atom is 0.416 e. The van der Waals surface area contributed by atoms with Gasteiger partial charge in [0.25, 0.3) is 5.91 Å². The minimum absolute atomic E-state index is 0.311. The van der Waals surface area contributed by atoms with Gasteiger partial charge in [0.2, 0.25) is 0 Å². The van der Waals surface area contributed by atoms with Crippen LogP contribution in [0.3, 0.4) is 0 Å². The summed E-state index contributed by atoms with van der Waals surface area (Å²) in [5.41, 5.74) is 7.98. The number of anilines is 2. The number of pyridine rings is 1. The van der Waals surface area contributed by atoms with E-state index in [1.165, 1.54) is 17.0 Å². The molecular formula is C20H15F3N6O. The molecule has 1 aliphatic rings. The van der Waals surface area contributed by atoms with Crippen LogP contribution in [0, 0.1) is 0 Å². The second-order valence-electron chi connectivity index (χ2n) is 6.96. The van der Waals surface area contributed by atoms with Gasteiger partial charge in [0, 0.05) is 29.6 Å². The van der Waals surface area contributed by atoms with Crippen LogP contribution in [0.15, 0.2) is 55.0 Å². The normalized spacial score (nSPS) is 14.4. The SMILES string of the molecule is Nc1cnc2ccc(-c3cnn4c3C(=O)N(c3ccc(C(F)(F)F)cc3)CC4)cn12. The molecule has 0 unspecified atom stereocenters. The standard InChI is InChI=1S/C20H15F3N6O/c21-20(22,23)13-2-4-14(5-3-13)27-7-8-29-18(19(27)30)15(9-26-29)12-1-6-17-25-10-16(24)28(17)11-12/h1-6,9-11H,7-8,24H2. The van der Waals surface area contributed by atoms with Crippen LogP contribution in [0.1, 0.15) is 16.1 Å². The molecule has 4 aromatic rings. The number of carbonyl (C=O) groups is 1. The summed E-state index contributed by atoms with van der Waals surface area (Å²) in [6.45, 7) is 0.739. The molecule has 1 aromatic carbocycles. The van der Waals surface area contributed by atoms with Crippen molar-refractivity contribution in [1.29, 1.82) is 0 Å². The number of aromatic nitrogens is 4. The minimum Gasteiger partial charge on any atom is -0.383 e. The van der Waals surface area contributed by atoms with E-state index in [-0.39, 0.29) is 5.91 Å². The summed E-state index contributed by atoms with van der Waals surface area (Å²) in [5.74, 6) is 0.137. The Bertz CT molecular complexity index is 1270. The van der Waals surface area contributed by atoms with E-state index in [0.717, 1.165) is 17.7 Å². The third-order valence-electron chi connectivity index (χ3n) is 5.17. The van der Waals surface area contributed by atoms with Crippen molar-refractivity contribution >= 4 is 23.1 Å². The van der Waals surface area contributed by atoms with E-state index in [0.29, 0.717) is 41.5 Å². The summed E-state index contributed by atoms with van der Waals surface area (Å²) >= 11 is 0. The molecule has 0 radical (unpaired) electrons. The Hall–Kier alpha value is -3.82. The number of rotatable bonds is 2. The highest BCUT2D eigenvalue weighted by molar-refractivity contribution is 6.09. The number of amides is 1. The minimum atomic E-state index is -4.43. The summed E-state index contributed by atoms with van der Waals surface area (Å²) in [7, 11) is 0. The predicted octanol–water partition coefficient (Wildman–Crippen LogP) is 3.46. The summed E-state index contributed by atoms with van der Waals surface area (Å²) in [4.78, 5) is 18.9. The average molecular weight is 412 g/mol. The predicted molar refractivity (Wildman–Crippen MR) is 104 cm³/mol. The maximum absolute atomic E-state index is 13.2. The van der Waals surface area contributed by atoms with Crippen LogP contribution in [0.5, 0.6) is 0 Å². The van der Waals surface area contributed by atoms with E-state index in [4.69, 9.17) is 5.73 Å². The molecule has 0 spiro atoms. The fourth-order valence-electron chi connectivity index (χ4n) is 3.65. The Kier molecular flexibility index (Phi) is 3.85. The lowest BCUT2D eigenvalue weighted by Gasteiger charge is -2.28. The van der Waals surface area contributed by atoms with Gasteiger partial charge in [-0.1, -0.05) is 0 Å². The van der Waals surface area contributed by atoms with Crippen molar-refractivity contribution in [3.05, 3.63) is 66.2 Å².